The predicted molar refractivity (Wildman–Crippen MR) is 97.1 cm³/mol. The van der Waals surface area contributed by atoms with Gasteiger partial charge in [-0.05, 0) is 51.0 Å². The first kappa shape index (κ1) is 19.4. The largest absolute Gasteiger partial charge is 0.355 e. The van der Waals surface area contributed by atoms with Gasteiger partial charge in [-0.3, -0.25) is 4.79 Å². The van der Waals surface area contributed by atoms with Crippen molar-refractivity contribution < 1.29 is 9.59 Å². The summed E-state index contributed by atoms with van der Waals surface area (Å²) in [5.74, 6) is -0.195. The first-order chi connectivity index (χ1) is 10.9. The SMILES string of the molecule is CCNC(=O)[C@@H](C)NC(=O)Nc1ccc(S[C@H](C)CC)cc1C. The fourth-order valence-corrected chi connectivity index (χ4v) is 2.94. The van der Waals surface area contributed by atoms with Crippen molar-refractivity contribution in [1.82, 2.24) is 10.6 Å². The number of aryl methyl sites for hydroxylation is 1. The summed E-state index contributed by atoms with van der Waals surface area (Å²) in [7, 11) is 0. The van der Waals surface area contributed by atoms with Crippen LogP contribution in [0, 0.1) is 6.92 Å². The van der Waals surface area contributed by atoms with Crippen LogP contribution in [0.2, 0.25) is 0 Å². The van der Waals surface area contributed by atoms with E-state index in [2.05, 4.69) is 35.9 Å². The summed E-state index contributed by atoms with van der Waals surface area (Å²) < 4.78 is 0. The molecule has 0 saturated heterocycles. The van der Waals surface area contributed by atoms with Crippen molar-refractivity contribution in [2.24, 2.45) is 0 Å². The monoisotopic (exact) mass is 337 g/mol. The fraction of sp³-hybridized carbons (Fsp3) is 0.529. The van der Waals surface area contributed by atoms with Crippen LogP contribution in [-0.4, -0.2) is 29.8 Å². The molecule has 2 atom stereocenters. The molecule has 1 rings (SSSR count). The molecule has 0 aliphatic heterocycles. The molecule has 1 aromatic rings. The smallest absolute Gasteiger partial charge is 0.319 e. The normalized spacial score (nSPS) is 13.1. The quantitative estimate of drug-likeness (QED) is 0.667. The molecule has 128 valence electrons. The lowest BCUT2D eigenvalue weighted by atomic mass is 10.2. The van der Waals surface area contributed by atoms with Gasteiger partial charge in [-0.2, -0.15) is 0 Å². The lowest BCUT2D eigenvalue weighted by Gasteiger charge is -2.16. The van der Waals surface area contributed by atoms with Gasteiger partial charge in [0.05, 0.1) is 0 Å². The number of anilines is 1. The Morgan fingerprint density at radius 1 is 1.22 bits per heavy atom. The van der Waals surface area contributed by atoms with E-state index in [1.165, 1.54) is 4.90 Å². The van der Waals surface area contributed by atoms with Gasteiger partial charge in [0.1, 0.15) is 6.04 Å². The Kier molecular flexibility index (Phi) is 7.95. The average Bonchev–Trinajstić information content (AvgIpc) is 2.50. The molecular weight excluding hydrogens is 310 g/mol. The number of carbonyl (C=O) groups is 2. The highest BCUT2D eigenvalue weighted by molar-refractivity contribution is 7.99. The second-order valence-corrected chi connectivity index (χ2v) is 7.04. The van der Waals surface area contributed by atoms with E-state index >= 15 is 0 Å². The maximum Gasteiger partial charge on any atom is 0.319 e. The summed E-state index contributed by atoms with van der Waals surface area (Å²) in [6.45, 7) is 10.4. The van der Waals surface area contributed by atoms with Crippen molar-refractivity contribution in [3.8, 4) is 0 Å². The first-order valence-electron chi connectivity index (χ1n) is 7.99. The second-order valence-electron chi connectivity index (χ2n) is 5.53. The van der Waals surface area contributed by atoms with Crippen LogP contribution in [-0.2, 0) is 4.79 Å². The van der Waals surface area contributed by atoms with Gasteiger partial charge >= 0.3 is 6.03 Å². The number of hydrogen-bond donors (Lipinski definition) is 3. The zero-order chi connectivity index (χ0) is 17.4. The minimum atomic E-state index is -0.574. The number of amides is 3. The minimum absolute atomic E-state index is 0.195. The van der Waals surface area contributed by atoms with Crippen molar-refractivity contribution in [2.75, 3.05) is 11.9 Å². The molecule has 6 heteroatoms. The van der Waals surface area contributed by atoms with Crippen molar-refractivity contribution in [3.63, 3.8) is 0 Å². The third kappa shape index (κ3) is 6.52. The van der Waals surface area contributed by atoms with E-state index in [-0.39, 0.29) is 11.9 Å². The first-order valence-corrected chi connectivity index (χ1v) is 8.87. The number of thioether (sulfide) groups is 1. The highest BCUT2D eigenvalue weighted by Crippen LogP contribution is 2.28. The van der Waals surface area contributed by atoms with Gasteiger partial charge in [0.15, 0.2) is 0 Å². The molecule has 0 bridgehead atoms. The Hall–Kier alpha value is -1.69. The van der Waals surface area contributed by atoms with E-state index in [9.17, 15) is 9.59 Å². The standard InChI is InChI=1S/C17H27N3O2S/c1-6-12(4)23-14-8-9-15(11(3)10-14)20-17(22)19-13(5)16(21)18-7-2/h8-10,12-13H,6-7H2,1-5H3,(H,18,21)(H2,19,20,22)/t12-,13-/m1/s1. The summed E-state index contributed by atoms with van der Waals surface area (Å²) in [6.07, 6.45) is 1.11. The molecule has 5 nitrogen and oxygen atoms in total. The molecule has 3 amide bonds. The van der Waals surface area contributed by atoms with Gasteiger partial charge in [-0.1, -0.05) is 13.8 Å². The zero-order valence-corrected chi connectivity index (χ0v) is 15.3. The van der Waals surface area contributed by atoms with Gasteiger partial charge < -0.3 is 16.0 Å². The van der Waals surface area contributed by atoms with Crippen LogP contribution < -0.4 is 16.0 Å². The Bertz CT molecular complexity index is 549. The van der Waals surface area contributed by atoms with Crippen LogP contribution in [0.3, 0.4) is 0 Å². The van der Waals surface area contributed by atoms with Gasteiger partial charge in [-0.15, -0.1) is 11.8 Å². The highest BCUT2D eigenvalue weighted by atomic mass is 32.2. The predicted octanol–water partition coefficient (Wildman–Crippen LogP) is 3.53. The van der Waals surface area contributed by atoms with Crippen molar-refractivity contribution >= 4 is 29.4 Å². The lowest BCUT2D eigenvalue weighted by molar-refractivity contribution is -0.122. The Morgan fingerprint density at radius 3 is 2.48 bits per heavy atom. The molecule has 1 aromatic carbocycles. The molecule has 0 aromatic heterocycles. The average molecular weight is 337 g/mol. The van der Waals surface area contributed by atoms with E-state index in [0.717, 1.165) is 17.7 Å². The highest BCUT2D eigenvalue weighted by Gasteiger charge is 2.15. The summed E-state index contributed by atoms with van der Waals surface area (Å²) in [5, 5.41) is 8.66. The number of hydrogen-bond acceptors (Lipinski definition) is 3. The third-order valence-electron chi connectivity index (χ3n) is 3.45. The van der Waals surface area contributed by atoms with Crippen molar-refractivity contribution in [2.45, 2.75) is 57.2 Å². The Morgan fingerprint density at radius 2 is 1.91 bits per heavy atom. The zero-order valence-electron chi connectivity index (χ0n) is 14.5. The number of carbonyl (C=O) groups excluding carboxylic acids is 2. The molecule has 0 aliphatic carbocycles. The van der Waals surface area contributed by atoms with E-state index in [0.29, 0.717) is 11.8 Å². The van der Waals surface area contributed by atoms with Gasteiger partial charge in [-0.25, -0.2) is 4.79 Å². The number of urea groups is 1. The number of benzene rings is 1. The molecular formula is C17H27N3O2S. The molecule has 0 aliphatic rings. The molecule has 0 unspecified atom stereocenters. The van der Waals surface area contributed by atoms with Crippen LogP contribution in [0.25, 0.3) is 0 Å². The third-order valence-corrected chi connectivity index (χ3v) is 4.71. The van der Waals surface area contributed by atoms with Crippen LogP contribution in [0.5, 0.6) is 0 Å². The van der Waals surface area contributed by atoms with Crippen LogP contribution >= 0.6 is 11.8 Å². The van der Waals surface area contributed by atoms with E-state index in [1.807, 2.05) is 37.7 Å². The summed E-state index contributed by atoms with van der Waals surface area (Å²) in [4.78, 5) is 24.8. The Labute approximate surface area is 143 Å². The van der Waals surface area contributed by atoms with Gasteiger partial charge in [0.2, 0.25) is 5.91 Å². The molecule has 3 N–H and O–H groups in total. The van der Waals surface area contributed by atoms with Crippen LogP contribution in [0.4, 0.5) is 10.5 Å². The summed E-state index contributed by atoms with van der Waals surface area (Å²) in [5.41, 5.74) is 1.75. The number of rotatable bonds is 7. The van der Waals surface area contributed by atoms with Crippen molar-refractivity contribution in [3.05, 3.63) is 23.8 Å². The topological polar surface area (TPSA) is 70.2 Å². The molecule has 0 heterocycles. The second kappa shape index (κ2) is 9.45. The van der Waals surface area contributed by atoms with Gasteiger partial charge in [0, 0.05) is 22.4 Å². The Balaban J connectivity index is 2.63. The molecule has 0 radical (unpaired) electrons. The summed E-state index contributed by atoms with van der Waals surface area (Å²) in [6, 6.07) is 5.02. The maximum atomic E-state index is 12.0. The van der Waals surface area contributed by atoms with E-state index < -0.39 is 6.04 Å². The van der Waals surface area contributed by atoms with Crippen LogP contribution in [0.1, 0.15) is 39.7 Å². The number of nitrogens with one attached hydrogen (secondary N) is 3. The van der Waals surface area contributed by atoms with E-state index in [1.54, 1.807) is 6.92 Å². The van der Waals surface area contributed by atoms with Crippen LogP contribution in [0.15, 0.2) is 23.1 Å². The molecule has 0 fully saturated rings. The van der Waals surface area contributed by atoms with Crippen molar-refractivity contribution in [1.29, 1.82) is 0 Å². The fourth-order valence-electron chi connectivity index (χ4n) is 1.91. The summed E-state index contributed by atoms with van der Waals surface area (Å²) >= 11 is 1.82. The minimum Gasteiger partial charge on any atom is -0.355 e. The molecule has 23 heavy (non-hydrogen) atoms. The van der Waals surface area contributed by atoms with E-state index in [4.69, 9.17) is 0 Å². The van der Waals surface area contributed by atoms with Gasteiger partial charge in [0.25, 0.3) is 0 Å². The molecule has 0 spiro atoms. The molecule has 0 saturated carbocycles. The lowest BCUT2D eigenvalue weighted by Crippen LogP contribution is -2.46. The number of likely N-dealkylation sites (N-methyl/N-ethyl adjacent to an activating group) is 1. The maximum absolute atomic E-state index is 12.0.